The number of thiazole rings is 1. The highest BCUT2D eigenvalue weighted by Crippen LogP contribution is 2.24. The van der Waals surface area contributed by atoms with Crippen molar-refractivity contribution in [1.82, 2.24) is 19.7 Å². The summed E-state index contributed by atoms with van der Waals surface area (Å²) >= 11 is 4.85. The molecule has 0 aliphatic carbocycles. The van der Waals surface area contributed by atoms with Gasteiger partial charge in [0.1, 0.15) is 0 Å². The number of hydrogen-bond donors (Lipinski definition) is 0. The molecule has 2 rings (SSSR count). The number of amides is 1. The number of halogens is 1. The van der Waals surface area contributed by atoms with Gasteiger partial charge in [-0.2, -0.15) is 5.10 Å². The van der Waals surface area contributed by atoms with Crippen LogP contribution >= 0.6 is 27.3 Å². The lowest BCUT2D eigenvalue weighted by atomic mass is 10.1. The zero-order valence-corrected chi connectivity index (χ0v) is 14.7. The lowest BCUT2D eigenvalue weighted by Crippen LogP contribution is -2.44. The van der Waals surface area contributed by atoms with Crippen LogP contribution in [0.2, 0.25) is 0 Å². The maximum absolute atomic E-state index is 11.9. The van der Waals surface area contributed by atoms with Crippen LogP contribution in [0.4, 0.5) is 4.79 Å². The van der Waals surface area contributed by atoms with Crippen molar-refractivity contribution in [3.63, 3.8) is 0 Å². The largest absolute Gasteiger partial charge is 0.453 e. The minimum absolute atomic E-state index is 0.327. The van der Waals surface area contributed by atoms with E-state index in [-0.39, 0.29) is 11.6 Å². The molecule has 6 nitrogen and oxygen atoms in total. The average molecular weight is 373 g/mol. The third kappa shape index (κ3) is 3.82. The molecule has 0 unspecified atom stereocenters. The predicted molar refractivity (Wildman–Crippen MR) is 84.6 cm³/mol. The van der Waals surface area contributed by atoms with Crippen LogP contribution in [-0.4, -0.2) is 38.4 Å². The maximum atomic E-state index is 11.9. The first-order valence-electron chi connectivity index (χ1n) is 6.32. The lowest BCUT2D eigenvalue weighted by molar-refractivity contribution is 0.0798. The van der Waals surface area contributed by atoms with Crippen molar-refractivity contribution in [3.8, 4) is 5.13 Å². The molecule has 2 heterocycles. The Morgan fingerprint density at radius 3 is 2.71 bits per heavy atom. The standard InChI is InChI=1S/C13H17BrN4O2S/c1-13(2,3)17(12(19)20-4)8-10-6-15-11(21-10)18-7-9(14)5-16-18/h5-7H,8H2,1-4H3. The molecule has 0 aliphatic heterocycles. The summed E-state index contributed by atoms with van der Waals surface area (Å²) in [5.74, 6) is 0. The number of methoxy groups -OCH3 is 1. The van der Waals surface area contributed by atoms with Crippen molar-refractivity contribution in [2.45, 2.75) is 32.9 Å². The highest BCUT2D eigenvalue weighted by atomic mass is 79.9. The van der Waals surface area contributed by atoms with Crippen LogP contribution in [0.15, 0.2) is 23.1 Å². The van der Waals surface area contributed by atoms with Gasteiger partial charge >= 0.3 is 6.09 Å². The van der Waals surface area contributed by atoms with E-state index in [1.54, 1.807) is 22.0 Å². The molecular weight excluding hydrogens is 356 g/mol. The number of aromatic nitrogens is 3. The summed E-state index contributed by atoms with van der Waals surface area (Å²) in [5, 5.41) is 4.95. The van der Waals surface area contributed by atoms with Crippen molar-refractivity contribution >= 4 is 33.4 Å². The van der Waals surface area contributed by atoms with E-state index < -0.39 is 0 Å². The summed E-state index contributed by atoms with van der Waals surface area (Å²) in [6.07, 6.45) is 4.96. The number of carbonyl (C=O) groups is 1. The summed E-state index contributed by atoms with van der Waals surface area (Å²) in [4.78, 5) is 18.9. The average Bonchev–Trinajstić information content (AvgIpc) is 3.02. The van der Waals surface area contributed by atoms with E-state index in [0.717, 1.165) is 14.5 Å². The second kappa shape index (κ2) is 6.15. The van der Waals surface area contributed by atoms with Gasteiger partial charge in [0.2, 0.25) is 5.13 Å². The lowest BCUT2D eigenvalue weighted by Gasteiger charge is -2.33. The normalized spacial score (nSPS) is 11.5. The summed E-state index contributed by atoms with van der Waals surface area (Å²) in [6.45, 7) is 6.36. The van der Waals surface area contributed by atoms with E-state index in [0.29, 0.717) is 6.54 Å². The van der Waals surface area contributed by atoms with Crippen LogP contribution in [0.1, 0.15) is 25.6 Å². The highest BCUT2D eigenvalue weighted by Gasteiger charge is 2.28. The van der Waals surface area contributed by atoms with E-state index in [9.17, 15) is 4.79 Å². The highest BCUT2D eigenvalue weighted by molar-refractivity contribution is 9.10. The summed E-state index contributed by atoms with van der Waals surface area (Å²) in [5.41, 5.74) is -0.327. The quantitative estimate of drug-likeness (QED) is 0.827. The Morgan fingerprint density at radius 2 is 2.19 bits per heavy atom. The molecule has 2 aromatic heterocycles. The van der Waals surface area contributed by atoms with Crippen molar-refractivity contribution < 1.29 is 9.53 Å². The number of ether oxygens (including phenoxy) is 1. The SMILES string of the molecule is COC(=O)N(Cc1cnc(-n2cc(Br)cn2)s1)C(C)(C)C. The molecule has 114 valence electrons. The van der Waals surface area contributed by atoms with Crippen LogP contribution in [0.25, 0.3) is 5.13 Å². The van der Waals surface area contributed by atoms with Crippen molar-refractivity contribution in [2.75, 3.05) is 7.11 Å². The Balaban J connectivity index is 2.19. The Bertz CT molecular complexity index is 632. The Hall–Kier alpha value is -1.41. The molecular formula is C13H17BrN4O2S. The molecule has 0 aromatic carbocycles. The molecule has 0 radical (unpaired) electrons. The fraction of sp³-hybridized carbons (Fsp3) is 0.462. The van der Waals surface area contributed by atoms with Crippen LogP contribution in [0.5, 0.6) is 0 Å². The van der Waals surface area contributed by atoms with Crippen LogP contribution in [-0.2, 0) is 11.3 Å². The summed E-state index contributed by atoms with van der Waals surface area (Å²) < 4.78 is 7.44. The minimum Gasteiger partial charge on any atom is -0.453 e. The Kier molecular flexibility index (Phi) is 4.67. The molecule has 0 bridgehead atoms. The van der Waals surface area contributed by atoms with Crippen molar-refractivity contribution in [2.24, 2.45) is 0 Å². The van der Waals surface area contributed by atoms with Gasteiger partial charge in [-0.3, -0.25) is 4.90 Å². The van der Waals surface area contributed by atoms with Gasteiger partial charge in [0, 0.05) is 22.8 Å². The van der Waals surface area contributed by atoms with Gasteiger partial charge in [0.25, 0.3) is 0 Å². The molecule has 8 heteroatoms. The van der Waals surface area contributed by atoms with E-state index in [1.807, 2.05) is 27.0 Å². The molecule has 0 saturated heterocycles. The van der Waals surface area contributed by atoms with E-state index >= 15 is 0 Å². The summed E-state index contributed by atoms with van der Waals surface area (Å²) in [6, 6.07) is 0. The number of nitrogens with zero attached hydrogens (tertiary/aromatic N) is 4. The van der Waals surface area contributed by atoms with Gasteiger partial charge in [0.05, 0.1) is 24.3 Å². The number of hydrogen-bond acceptors (Lipinski definition) is 5. The smallest absolute Gasteiger partial charge is 0.410 e. The monoisotopic (exact) mass is 372 g/mol. The number of rotatable bonds is 3. The molecule has 0 aliphatic rings. The molecule has 0 spiro atoms. The molecule has 1 amide bonds. The van der Waals surface area contributed by atoms with Crippen LogP contribution in [0, 0.1) is 0 Å². The third-order valence-electron chi connectivity index (χ3n) is 2.81. The van der Waals surface area contributed by atoms with Gasteiger partial charge < -0.3 is 4.74 Å². The molecule has 21 heavy (non-hydrogen) atoms. The first-order valence-corrected chi connectivity index (χ1v) is 7.93. The van der Waals surface area contributed by atoms with Gasteiger partial charge in [-0.1, -0.05) is 11.3 Å². The van der Waals surface area contributed by atoms with Crippen molar-refractivity contribution in [3.05, 3.63) is 27.9 Å². The zero-order valence-electron chi connectivity index (χ0n) is 12.3. The molecule has 0 fully saturated rings. The summed E-state index contributed by atoms with van der Waals surface area (Å²) in [7, 11) is 1.39. The fourth-order valence-electron chi connectivity index (χ4n) is 1.72. The topological polar surface area (TPSA) is 60.2 Å². The van der Waals surface area contributed by atoms with E-state index in [1.165, 1.54) is 18.4 Å². The van der Waals surface area contributed by atoms with Gasteiger partial charge in [-0.05, 0) is 36.7 Å². The minimum atomic E-state index is -0.348. The molecule has 2 aromatic rings. The van der Waals surface area contributed by atoms with Crippen LogP contribution < -0.4 is 0 Å². The van der Waals surface area contributed by atoms with E-state index in [2.05, 4.69) is 26.0 Å². The first kappa shape index (κ1) is 16.0. The molecule has 0 atom stereocenters. The van der Waals surface area contributed by atoms with Gasteiger partial charge in [-0.25, -0.2) is 14.5 Å². The second-order valence-corrected chi connectivity index (χ2v) is 7.45. The molecule has 0 N–H and O–H groups in total. The zero-order chi connectivity index (χ0) is 15.6. The van der Waals surface area contributed by atoms with Crippen molar-refractivity contribution in [1.29, 1.82) is 0 Å². The van der Waals surface area contributed by atoms with E-state index in [4.69, 9.17) is 4.74 Å². The Morgan fingerprint density at radius 1 is 1.48 bits per heavy atom. The Labute approximate surface area is 135 Å². The first-order chi connectivity index (χ1) is 9.81. The number of carbonyl (C=O) groups excluding carboxylic acids is 1. The predicted octanol–water partition coefficient (Wildman–Crippen LogP) is 3.46. The fourth-order valence-corrected chi connectivity index (χ4v) is 2.84. The van der Waals surface area contributed by atoms with Crippen LogP contribution in [0.3, 0.4) is 0 Å². The van der Waals surface area contributed by atoms with Gasteiger partial charge in [-0.15, -0.1) is 0 Å². The second-order valence-electron chi connectivity index (χ2n) is 5.44. The third-order valence-corrected chi connectivity index (χ3v) is 4.19. The van der Waals surface area contributed by atoms with Gasteiger partial charge in [0.15, 0.2) is 0 Å². The maximum Gasteiger partial charge on any atom is 0.410 e. The molecule has 0 saturated carbocycles.